The van der Waals surface area contributed by atoms with E-state index in [9.17, 15) is 4.79 Å². The van der Waals surface area contributed by atoms with Crippen molar-refractivity contribution >= 4 is 29.8 Å². The number of thiocarbonyl (C=S) groups is 1. The van der Waals surface area contributed by atoms with Gasteiger partial charge in [0.2, 0.25) is 0 Å². The molecular weight excluding hydrogens is 288 g/mol. The third-order valence-electron chi connectivity index (χ3n) is 2.90. The van der Waals surface area contributed by atoms with Crippen molar-refractivity contribution in [2.45, 2.75) is 45.3 Å². The van der Waals surface area contributed by atoms with Gasteiger partial charge in [-0.2, -0.15) is 0 Å². The Morgan fingerprint density at radius 3 is 2.76 bits per heavy atom. The fourth-order valence-corrected chi connectivity index (χ4v) is 2.16. The van der Waals surface area contributed by atoms with E-state index in [1.807, 2.05) is 39.8 Å². The van der Waals surface area contributed by atoms with E-state index < -0.39 is 5.60 Å². The molecule has 0 aromatic rings. The molecule has 6 nitrogen and oxygen atoms in total. The van der Waals surface area contributed by atoms with Crippen LogP contribution in [0.3, 0.4) is 0 Å². The number of ether oxygens (including phenoxy) is 1. The molecular formula is C14H26N4O2S. The minimum atomic E-state index is -0.469. The van der Waals surface area contributed by atoms with Crippen molar-refractivity contribution in [3.05, 3.63) is 0 Å². The van der Waals surface area contributed by atoms with Crippen LogP contribution in [0.5, 0.6) is 0 Å². The molecule has 1 heterocycles. The SMILES string of the molecule is CN(C)/C=N\C(=S)NC[C@@H]1CCCN1C(=O)OC(C)(C)C. The topological polar surface area (TPSA) is 57.2 Å². The number of aliphatic imine (C=N–C) groups is 1. The lowest BCUT2D eigenvalue weighted by molar-refractivity contribution is 0.0229. The maximum atomic E-state index is 12.1. The average Bonchev–Trinajstić information content (AvgIpc) is 2.80. The van der Waals surface area contributed by atoms with Crippen LogP contribution in [-0.2, 0) is 4.74 Å². The van der Waals surface area contributed by atoms with Crippen LogP contribution in [-0.4, -0.2) is 66.2 Å². The summed E-state index contributed by atoms with van der Waals surface area (Å²) < 4.78 is 5.43. The first kappa shape index (κ1) is 17.7. The van der Waals surface area contributed by atoms with Gasteiger partial charge in [0.05, 0.1) is 12.4 Å². The smallest absolute Gasteiger partial charge is 0.410 e. The van der Waals surface area contributed by atoms with Crippen LogP contribution in [0.25, 0.3) is 0 Å². The first-order valence-corrected chi connectivity index (χ1v) is 7.58. The van der Waals surface area contributed by atoms with E-state index in [0.29, 0.717) is 11.7 Å². The van der Waals surface area contributed by atoms with Crippen molar-refractivity contribution in [3.8, 4) is 0 Å². The van der Waals surface area contributed by atoms with Gasteiger partial charge in [0.15, 0.2) is 5.11 Å². The summed E-state index contributed by atoms with van der Waals surface area (Å²) in [6.45, 7) is 6.95. The third kappa shape index (κ3) is 6.75. The number of hydrogen-bond donors (Lipinski definition) is 1. The Balaban J connectivity index is 2.47. The zero-order valence-electron chi connectivity index (χ0n) is 13.5. The lowest BCUT2D eigenvalue weighted by Gasteiger charge is -2.28. The lowest BCUT2D eigenvalue weighted by Crippen LogP contribution is -2.44. The van der Waals surface area contributed by atoms with E-state index >= 15 is 0 Å². The first-order valence-electron chi connectivity index (χ1n) is 7.17. The van der Waals surface area contributed by atoms with Crippen molar-refractivity contribution in [2.24, 2.45) is 4.99 Å². The van der Waals surface area contributed by atoms with Gasteiger partial charge in [-0.1, -0.05) is 0 Å². The fraction of sp³-hybridized carbons (Fsp3) is 0.786. The molecule has 0 saturated carbocycles. The molecule has 0 bridgehead atoms. The number of nitrogens with one attached hydrogen (secondary N) is 1. The van der Waals surface area contributed by atoms with Crippen LogP contribution in [0, 0.1) is 0 Å². The Morgan fingerprint density at radius 1 is 1.52 bits per heavy atom. The van der Waals surface area contributed by atoms with Gasteiger partial charge in [0, 0.05) is 27.2 Å². The summed E-state index contributed by atoms with van der Waals surface area (Å²) in [5.74, 6) is 0. The Labute approximate surface area is 132 Å². The summed E-state index contributed by atoms with van der Waals surface area (Å²) >= 11 is 5.13. The van der Waals surface area contributed by atoms with E-state index in [4.69, 9.17) is 17.0 Å². The molecule has 1 aliphatic heterocycles. The summed E-state index contributed by atoms with van der Waals surface area (Å²) in [6.07, 6.45) is 3.33. The van der Waals surface area contributed by atoms with Gasteiger partial charge in [-0.05, 0) is 45.8 Å². The van der Waals surface area contributed by atoms with Crippen LogP contribution in [0.2, 0.25) is 0 Å². The van der Waals surface area contributed by atoms with Crippen LogP contribution >= 0.6 is 12.2 Å². The molecule has 0 aromatic heterocycles. The highest BCUT2D eigenvalue weighted by atomic mass is 32.1. The highest BCUT2D eigenvalue weighted by Gasteiger charge is 2.31. The Hall–Kier alpha value is -1.37. The zero-order valence-corrected chi connectivity index (χ0v) is 14.4. The van der Waals surface area contributed by atoms with Gasteiger partial charge in [-0.3, -0.25) is 0 Å². The molecule has 1 N–H and O–H groups in total. The number of rotatable bonds is 3. The van der Waals surface area contributed by atoms with Crippen molar-refractivity contribution < 1.29 is 9.53 Å². The second-order valence-electron chi connectivity index (χ2n) is 6.36. The quantitative estimate of drug-likeness (QED) is 0.489. The summed E-state index contributed by atoms with van der Waals surface area (Å²) in [6, 6.07) is 0.104. The molecule has 0 aliphatic carbocycles. The number of carbonyl (C=O) groups excluding carboxylic acids is 1. The maximum Gasteiger partial charge on any atom is 0.410 e. The molecule has 1 saturated heterocycles. The highest BCUT2D eigenvalue weighted by molar-refractivity contribution is 7.80. The van der Waals surface area contributed by atoms with Crippen molar-refractivity contribution in [2.75, 3.05) is 27.2 Å². The number of likely N-dealkylation sites (tertiary alicyclic amines) is 1. The van der Waals surface area contributed by atoms with Crippen molar-refractivity contribution in [1.29, 1.82) is 0 Å². The van der Waals surface area contributed by atoms with E-state index in [-0.39, 0.29) is 12.1 Å². The molecule has 0 radical (unpaired) electrons. The minimum absolute atomic E-state index is 0.104. The second kappa shape index (κ2) is 7.59. The van der Waals surface area contributed by atoms with Crippen LogP contribution in [0.4, 0.5) is 4.79 Å². The molecule has 1 atom stereocenters. The number of hydrogen-bond acceptors (Lipinski definition) is 3. The van der Waals surface area contributed by atoms with Crippen molar-refractivity contribution in [1.82, 2.24) is 15.1 Å². The van der Waals surface area contributed by atoms with E-state index in [1.54, 1.807) is 11.2 Å². The fourth-order valence-electron chi connectivity index (χ4n) is 2.03. The molecule has 7 heteroatoms. The Kier molecular flexibility index (Phi) is 6.39. The molecule has 120 valence electrons. The highest BCUT2D eigenvalue weighted by Crippen LogP contribution is 2.20. The zero-order chi connectivity index (χ0) is 16.0. The monoisotopic (exact) mass is 314 g/mol. The second-order valence-corrected chi connectivity index (χ2v) is 6.75. The molecule has 0 aromatic carbocycles. The van der Waals surface area contributed by atoms with E-state index in [1.165, 1.54) is 0 Å². The van der Waals surface area contributed by atoms with Gasteiger partial charge in [0.25, 0.3) is 0 Å². The molecule has 21 heavy (non-hydrogen) atoms. The van der Waals surface area contributed by atoms with Crippen LogP contribution in [0.15, 0.2) is 4.99 Å². The Morgan fingerprint density at radius 2 is 2.19 bits per heavy atom. The third-order valence-corrected chi connectivity index (χ3v) is 3.15. The number of amides is 1. The van der Waals surface area contributed by atoms with Gasteiger partial charge in [-0.25, -0.2) is 9.79 Å². The van der Waals surface area contributed by atoms with Gasteiger partial charge < -0.3 is 19.9 Å². The lowest BCUT2D eigenvalue weighted by atomic mass is 10.2. The Bertz CT molecular complexity index is 404. The molecule has 0 unspecified atom stereocenters. The summed E-state index contributed by atoms with van der Waals surface area (Å²) in [4.78, 5) is 19.8. The summed E-state index contributed by atoms with van der Waals surface area (Å²) in [5.41, 5.74) is -0.469. The van der Waals surface area contributed by atoms with E-state index in [0.717, 1.165) is 19.4 Å². The van der Waals surface area contributed by atoms with Crippen LogP contribution < -0.4 is 5.32 Å². The standard InChI is InChI=1S/C14H26N4O2S/c1-14(2,3)20-13(19)18-8-6-7-11(18)9-15-12(21)16-10-17(4)5/h10-11H,6-9H2,1-5H3,(H,15,21)/b16-10-/t11-/m0/s1. The molecule has 1 rings (SSSR count). The normalized spacial score (nSPS) is 18.9. The predicted molar refractivity (Wildman–Crippen MR) is 88.7 cm³/mol. The summed E-state index contributed by atoms with van der Waals surface area (Å²) in [7, 11) is 3.76. The largest absolute Gasteiger partial charge is 0.444 e. The van der Waals surface area contributed by atoms with Crippen LogP contribution in [0.1, 0.15) is 33.6 Å². The van der Waals surface area contributed by atoms with Gasteiger partial charge in [0.1, 0.15) is 5.60 Å². The molecule has 1 aliphatic rings. The minimum Gasteiger partial charge on any atom is -0.444 e. The number of carbonyl (C=O) groups is 1. The van der Waals surface area contributed by atoms with Crippen molar-refractivity contribution in [3.63, 3.8) is 0 Å². The van der Waals surface area contributed by atoms with Gasteiger partial charge >= 0.3 is 6.09 Å². The summed E-state index contributed by atoms with van der Waals surface area (Å²) in [5, 5.41) is 3.52. The predicted octanol–water partition coefficient (Wildman–Crippen LogP) is 1.85. The molecule has 0 spiro atoms. The first-order chi connectivity index (χ1) is 9.69. The number of nitrogens with zero attached hydrogens (tertiary/aromatic N) is 3. The van der Waals surface area contributed by atoms with Gasteiger partial charge in [-0.15, -0.1) is 0 Å². The van der Waals surface area contributed by atoms with E-state index in [2.05, 4.69) is 10.3 Å². The molecule has 1 amide bonds. The average molecular weight is 314 g/mol. The maximum absolute atomic E-state index is 12.1. The molecule has 1 fully saturated rings.